The zero-order chi connectivity index (χ0) is 11.4. The molecule has 0 radical (unpaired) electrons. The summed E-state index contributed by atoms with van der Waals surface area (Å²) in [5.74, 6) is -0.927. The molecule has 1 heterocycles. The van der Waals surface area contributed by atoms with Crippen molar-refractivity contribution in [3.8, 4) is 0 Å². The number of hydrogen-bond acceptors (Lipinski definition) is 3. The molecule has 1 aliphatic heterocycles. The van der Waals surface area contributed by atoms with Gasteiger partial charge >= 0.3 is 5.97 Å². The SMILES string of the molecule is O=C(O)c1cccc(C=CC2OCCO2)c1. The Kier molecular flexibility index (Phi) is 3.34. The van der Waals surface area contributed by atoms with Gasteiger partial charge in [0.1, 0.15) is 0 Å². The summed E-state index contributed by atoms with van der Waals surface area (Å²) < 4.78 is 10.5. The van der Waals surface area contributed by atoms with Gasteiger partial charge in [-0.05, 0) is 23.8 Å². The zero-order valence-corrected chi connectivity index (χ0v) is 8.63. The van der Waals surface area contributed by atoms with Gasteiger partial charge in [-0.1, -0.05) is 18.2 Å². The molecule has 0 unspecified atom stereocenters. The minimum Gasteiger partial charge on any atom is -0.478 e. The standard InChI is InChI=1S/C12H12O4/c13-12(14)10-3-1-2-9(8-10)4-5-11-15-6-7-16-11/h1-5,8,11H,6-7H2,(H,13,14). The molecule has 1 fully saturated rings. The highest BCUT2D eigenvalue weighted by atomic mass is 16.7. The van der Waals surface area contributed by atoms with Gasteiger partial charge in [0, 0.05) is 0 Å². The summed E-state index contributed by atoms with van der Waals surface area (Å²) in [5, 5.41) is 8.82. The van der Waals surface area contributed by atoms with Crippen LogP contribution in [0.1, 0.15) is 15.9 Å². The van der Waals surface area contributed by atoms with E-state index in [4.69, 9.17) is 14.6 Å². The number of carboxylic acid groups (broad SMARTS) is 1. The molecule has 1 aromatic carbocycles. The van der Waals surface area contributed by atoms with Gasteiger partial charge in [0.05, 0.1) is 18.8 Å². The summed E-state index contributed by atoms with van der Waals surface area (Å²) in [6.45, 7) is 1.20. The number of hydrogen-bond donors (Lipinski definition) is 1. The van der Waals surface area contributed by atoms with E-state index in [2.05, 4.69) is 0 Å². The third kappa shape index (κ3) is 2.68. The number of carboxylic acids is 1. The lowest BCUT2D eigenvalue weighted by atomic mass is 10.1. The first-order chi connectivity index (χ1) is 7.75. The molecule has 0 bridgehead atoms. The number of carbonyl (C=O) groups is 1. The van der Waals surface area contributed by atoms with Crippen LogP contribution >= 0.6 is 0 Å². The van der Waals surface area contributed by atoms with Crippen molar-refractivity contribution in [1.82, 2.24) is 0 Å². The Morgan fingerprint density at radius 2 is 2.12 bits per heavy atom. The van der Waals surface area contributed by atoms with E-state index in [1.54, 1.807) is 30.4 Å². The summed E-state index contributed by atoms with van der Waals surface area (Å²) in [6, 6.07) is 6.70. The third-order valence-corrected chi connectivity index (χ3v) is 2.23. The van der Waals surface area contributed by atoms with Gasteiger partial charge in [0.15, 0.2) is 6.29 Å². The molecule has 0 atom stereocenters. The van der Waals surface area contributed by atoms with Crippen molar-refractivity contribution in [2.45, 2.75) is 6.29 Å². The smallest absolute Gasteiger partial charge is 0.335 e. The van der Waals surface area contributed by atoms with E-state index in [1.165, 1.54) is 0 Å². The minimum absolute atomic E-state index is 0.274. The molecular formula is C12H12O4. The molecule has 0 saturated carbocycles. The maximum absolute atomic E-state index is 10.7. The Morgan fingerprint density at radius 1 is 1.38 bits per heavy atom. The second-order valence-corrected chi connectivity index (χ2v) is 3.40. The highest BCUT2D eigenvalue weighted by Crippen LogP contribution is 2.10. The summed E-state index contributed by atoms with van der Waals surface area (Å²) in [4.78, 5) is 10.7. The van der Waals surface area contributed by atoms with Gasteiger partial charge in [-0.2, -0.15) is 0 Å². The highest BCUT2D eigenvalue weighted by molar-refractivity contribution is 5.88. The predicted octanol–water partition coefficient (Wildman–Crippen LogP) is 1.77. The molecular weight excluding hydrogens is 208 g/mol. The van der Waals surface area contributed by atoms with Crippen LogP contribution in [0, 0.1) is 0 Å². The van der Waals surface area contributed by atoms with E-state index < -0.39 is 5.97 Å². The van der Waals surface area contributed by atoms with Crippen LogP contribution in [0.2, 0.25) is 0 Å². The molecule has 1 saturated heterocycles. The first-order valence-electron chi connectivity index (χ1n) is 5.00. The first-order valence-corrected chi connectivity index (χ1v) is 5.00. The minimum atomic E-state index is -0.927. The van der Waals surface area contributed by atoms with Crippen molar-refractivity contribution in [1.29, 1.82) is 0 Å². The van der Waals surface area contributed by atoms with Gasteiger partial charge < -0.3 is 14.6 Å². The monoisotopic (exact) mass is 220 g/mol. The first kappa shape index (κ1) is 10.9. The average molecular weight is 220 g/mol. The lowest BCUT2D eigenvalue weighted by Gasteiger charge is -2.01. The fourth-order valence-corrected chi connectivity index (χ4v) is 1.45. The molecule has 1 N–H and O–H groups in total. The molecule has 0 aliphatic carbocycles. The van der Waals surface area contributed by atoms with Gasteiger partial charge in [-0.15, -0.1) is 0 Å². The molecule has 0 spiro atoms. The Labute approximate surface area is 93.1 Å². The van der Waals surface area contributed by atoms with Crippen LogP contribution in [-0.2, 0) is 9.47 Å². The fourth-order valence-electron chi connectivity index (χ4n) is 1.45. The molecule has 0 aromatic heterocycles. The van der Waals surface area contributed by atoms with Gasteiger partial charge in [-0.3, -0.25) is 0 Å². The lowest BCUT2D eigenvalue weighted by molar-refractivity contribution is -0.000910. The van der Waals surface area contributed by atoms with Crippen molar-refractivity contribution >= 4 is 12.0 Å². The van der Waals surface area contributed by atoms with Crippen LogP contribution in [0.25, 0.3) is 6.08 Å². The molecule has 4 heteroatoms. The normalized spacial score (nSPS) is 17.0. The van der Waals surface area contributed by atoms with Gasteiger partial charge in [-0.25, -0.2) is 4.79 Å². The largest absolute Gasteiger partial charge is 0.478 e. The number of ether oxygens (including phenoxy) is 2. The Balaban J connectivity index is 2.08. The number of benzene rings is 1. The van der Waals surface area contributed by atoms with Crippen LogP contribution in [0.3, 0.4) is 0 Å². The average Bonchev–Trinajstić information content (AvgIpc) is 2.79. The van der Waals surface area contributed by atoms with Crippen molar-refractivity contribution in [3.63, 3.8) is 0 Å². The fraction of sp³-hybridized carbons (Fsp3) is 0.250. The summed E-state index contributed by atoms with van der Waals surface area (Å²) >= 11 is 0. The van der Waals surface area contributed by atoms with Crippen molar-refractivity contribution < 1.29 is 19.4 Å². The quantitative estimate of drug-likeness (QED) is 0.843. The third-order valence-electron chi connectivity index (χ3n) is 2.23. The topological polar surface area (TPSA) is 55.8 Å². The van der Waals surface area contributed by atoms with Crippen LogP contribution in [0.15, 0.2) is 30.3 Å². The molecule has 16 heavy (non-hydrogen) atoms. The summed E-state index contributed by atoms with van der Waals surface area (Å²) in [6.07, 6.45) is 3.25. The predicted molar refractivity (Wildman–Crippen MR) is 58.1 cm³/mol. The number of rotatable bonds is 3. The van der Waals surface area contributed by atoms with Crippen LogP contribution in [-0.4, -0.2) is 30.6 Å². The van der Waals surface area contributed by atoms with E-state index in [1.807, 2.05) is 6.07 Å². The highest BCUT2D eigenvalue weighted by Gasteiger charge is 2.11. The number of aromatic carboxylic acids is 1. The summed E-state index contributed by atoms with van der Waals surface area (Å²) in [5.41, 5.74) is 1.09. The molecule has 84 valence electrons. The van der Waals surface area contributed by atoms with Gasteiger partial charge in [0.2, 0.25) is 0 Å². The van der Waals surface area contributed by atoms with Crippen LogP contribution in [0.4, 0.5) is 0 Å². The van der Waals surface area contributed by atoms with E-state index in [-0.39, 0.29) is 11.9 Å². The zero-order valence-electron chi connectivity index (χ0n) is 8.63. The van der Waals surface area contributed by atoms with Gasteiger partial charge in [0.25, 0.3) is 0 Å². The second kappa shape index (κ2) is 4.92. The molecule has 1 aromatic rings. The lowest BCUT2D eigenvalue weighted by Crippen LogP contribution is -2.01. The molecule has 2 rings (SSSR count). The van der Waals surface area contributed by atoms with Crippen LogP contribution in [0.5, 0.6) is 0 Å². The van der Waals surface area contributed by atoms with E-state index in [0.717, 1.165) is 5.56 Å². The summed E-state index contributed by atoms with van der Waals surface area (Å²) in [7, 11) is 0. The second-order valence-electron chi connectivity index (χ2n) is 3.40. The van der Waals surface area contributed by atoms with E-state index in [0.29, 0.717) is 13.2 Å². The molecule has 0 amide bonds. The van der Waals surface area contributed by atoms with Crippen molar-refractivity contribution in [3.05, 3.63) is 41.5 Å². The molecule has 4 nitrogen and oxygen atoms in total. The molecule has 1 aliphatic rings. The van der Waals surface area contributed by atoms with Crippen LogP contribution < -0.4 is 0 Å². The Morgan fingerprint density at radius 3 is 2.81 bits per heavy atom. The van der Waals surface area contributed by atoms with Crippen molar-refractivity contribution in [2.24, 2.45) is 0 Å². The maximum atomic E-state index is 10.7. The maximum Gasteiger partial charge on any atom is 0.335 e. The van der Waals surface area contributed by atoms with Crippen molar-refractivity contribution in [2.75, 3.05) is 13.2 Å². The Hall–Kier alpha value is -1.65. The van der Waals surface area contributed by atoms with E-state index >= 15 is 0 Å². The Bertz CT molecular complexity index is 405. The van der Waals surface area contributed by atoms with E-state index in [9.17, 15) is 4.79 Å².